The second kappa shape index (κ2) is 4.94. The molecule has 0 aromatic carbocycles. The summed E-state index contributed by atoms with van der Waals surface area (Å²) in [6.45, 7) is 2.30. The topological polar surface area (TPSA) is 81.2 Å². The molecule has 0 saturated heterocycles. The molecule has 0 fully saturated rings. The van der Waals surface area contributed by atoms with Crippen LogP contribution in [-0.2, 0) is 17.1 Å². The zero-order chi connectivity index (χ0) is 12.3. The van der Waals surface area contributed by atoms with Crippen molar-refractivity contribution in [3.05, 3.63) is 12.4 Å². The van der Waals surface area contributed by atoms with E-state index in [9.17, 15) is 8.42 Å². The standard InChI is InChI=1S/C9H18N4O2S/c1-8(4-5-10)13(3)16(14,15)9-6-11-12(2)7-9/h6-8H,4-5,10H2,1-3H3. The van der Waals surface area contributed by atoms with Crippen molar-refractivity contribution in [2.75, 3.05) is 13.6 Å². The minimum absolute atomic E-state index is 0.116. The molecule has 2 N–H and O–H groups in total. The van der Waals surface area contributed by atoms with Crippen LogP contribution in [0.15, 0.2) is 17.3 Å². The first-order valence-electron chi connectivity index (χ1n) is 5.06. The summed E-state index contributed by atoms with van der Waals surface area (Å²) in [6.07, 6.45) is 3.47. The molecule has 1 atom stereocenters. The highest BCUT2D eigenvalue weighted by Gasteiger charge is 2.25. The molecule has 1 aromatic heterocycles. The average molecular weight is 246 g/mol. The molecule has 92 valence electrons. The fourth-order valence-electron chi connectivity index (χ4n) is 1.36. The third-order valence-electron chi connectivity index (χ3n) is 2.56. The predicted octanol–water partition coefficient (Wildman–Crippen LogP) is -0.222. The molecule has 0 amide bonds. The number of hydrogen-bond donors (Lipinski definition) is 1. The van der Waals surface area contributed by atoms with E-state index in [2.05, 4.69) is 5.10 Å². The van der Waals surface area contributed by atoms with Crippen molar-refractivity contribution in [3.63, 3.8) is 0 Å². The van der Waals surface area contributed by atoms with Gasteiger partial charge < -0.3 is 5.73 Å². The van der Waals surface area contributed by atoms with E-state index in [-0.39, 0.29) is 10.9 Å². The quantitative estimate of drug-likeness (QED) is 0.778. The van der Waals surface area contributed by atoms with E-state index < -0.39 is 10.0 Å². The number of rotatable bonds is 5. The van der Waals surface area contributed by atoms with E-state index in [0.29, 0.717) is 13.0 Å². The first kappa shape index (κ1) is 13.1. The zero-order valence-electron chi connectivity index (χ0n) is 9.79. The van der Waals surface area contributed by atoms with Gasteiger partial charge in [-0.1, -0.05) is 0 Å². The lowest BCUT2D eigenvalue weighted by Crippen LogP contribution is -2.36. The van der Waals surface area contributed by atoms with Crippen LogP contribution in [0, 0.1) is 0 Å². The van der Waals surface area contributed by atoms with Gasteiger partial charge in [0.1, 0.15) is 4.90 Å². The van der Waals surface area contributed by atoms with Crippen molar-refractivity contribution in [2.45, 2.75) is 24.3 Å². The highest BCUT2D eigenvalue weighted by Crippen LogP contribution is 2.16. The van der Waals surface area contributed by atoms with E-state index in [1.54, 1.807) is 14.1 Å². The summed E-state index contributed by atoms with van der Waals surface area (Å²) in [4.78, 5) is 0.210. The number of aryl methyl sites for hydroxylation is 1. The number of sulfonamides is 1. The second-order valence-corrected chi connectivity index (χ2v) is 5.79. The number of nitrogens with two attached hydrogens (primary N) is 1. The maximum absolute atomic E-state index is 12.1. The highest BCUT2D eigenvalue weighted by atomic mass is 32.2. The lowest BCUT2D eigenvalue weighted by atomic mass is 10.2. The smallest absolute Gasteiger partial charge is 0.246 e. The average Bonchev–Trinajstić information content (AvgIpc) is 2.64. The molecular formula is C9H18N4O2S. The Morgan fingerprint density at radius 2 is 2.25 bits per heavy atom. The summed E-state index contributed by atoms with van der Waals surface area (Å²) >= 11 is 0. The molecule has 6 nitrogen and oxygen atoms in total. The Bertz CT molecular complexity index is 440. The van der Waals surface area contributed by atoms with Gasteiger partial charge in [-0.15, -0.1) is 0 Å². The van der Waals surface area contributed by atoms with Gasteiger partial charge in [-0.2, -0.15) is 9.40 Å². The molecule has 0 radical (unpaired) electrons. The fraction of sp³-hybridized carbons (Fsp3) is 0.667. The van der Waals surface area contributed by atoms with Crippen molar-refractivity contribution in [3.8, 4) is 0 Å². The van der Waals surface area contributed by atoms with Gasteiger partial charge in [0.15, 0.2) is 0 Å². The van der Waals surface area contributed by atoms with E-state index in [1.165, 1.54) is 21.4 Å². The molecule has 1 rings (SSSR count). The van der Waals surface area contributed by atoms with Gasteiger partial charge in [0, 0.05) is 26.3 Å². The molecule has 0 saturated carbocycles. The third-order valence-corrected chi connectivity index (χ3v) is 4.49. The Balaban J connectivity index is 2.94. The van der Waals surface area contributed by atoms with Crippen LogP contribution in [0.4, 0.5) is 0 Å². The maximum Gasteiger partial charge on any atom is 0.246 e. The van der Waals surface area contributed by atoms with Gasteiger partial charge in [-0.3, -0.25) is 4.68 Å². The van der Waals surface area contributed by atoms with E-state index in [4.69, 9.17) is 5.73 Å². The van der Waals surface area contributed by atoms with Gasteiger partial charge in [0.25, 0.3) is 0 Å². The van der Waals surface area contributed by atoms with Crippen molar-refractivity contribution in [2.24, 2.45) is 12.8 Å². The minimum Gasteiger partial charge on any atom is -0.330 e. The molecule has 0 spiro atoms. The van der Waals surface area contributed by atoms with Crippen LogP contribution in [-0.4, -0.2) is 42.1 Å². The number of hydrogen-bond acceptors (Lipinski definition) is 4. The second-order valence-electron chi connectivity index (χ2n) is 3.80. The van der Waals surface area contributed by atoms with Gasteiger partial charge in [0.2, 0.25) is 10.0 Å². The van der Waals surface area contributed by atoms with E-state index >= 15 is 0 Å². The molecule has 0 aliphatic heterocycles. The van der Waals surface area contributed by atoms with E-state index in [1.807, 2.05) is 6.92 Å². The summed E-state index contributed by atoms with van der Waals surface area (Å²) in [7, 11) is -0.204. The Labute approximate surface area is 96.1 Å². The van der Waals surface area contributed by atoms with Crippen LogP contribution in [0.25, 0.3) is 0 Å². The molecular weight excluding hydrogens is 228 g/mol. The van der Waals surface area contributed by atoms with E-state index in [0.717, 1.165) is 0 Å². The number of aromatic nitrogens is 2. The van der Waals surface area contributed by atoms with Crippen LogP contribution in [0.1, 0.15) is 13.3 Å². The summed E-state index contributed by atoms with van der Waals surface area (Å²) in [5.74, 6) is 0. The summed E-state index contributed by atoms with van der Waals surface area (Å²) in [5, 5.41) is 3.86. The molecule has 1 heterocycles. The van der Waals surface area contributed by atoms with Crippen molar-refractivity contribution < 1.29 is 8.42 Å². The SMILES string of the molecule is CC(CCN)N(C)S(=O)(=O)c1cnn(C)c1. The van der Waals surface area contributed by atoms with Gasteiger partial charge in [-0.25, -0.2) is 8.42 Å². The largest absolute Gasteiger partial charge is 0.330 e. The molecule has 16 heavy (non-hydrogen) atoms. The first-order chi connectivity index (χ1) is 7.39. The molecule has 1 aromatic rings. The Kier molecular flexibility index (Phi) is 4.06. The van der Waals surface area contributed by atoms with Crippen LogP contribution < -0.4 is 5.73 Å². The van der Waals surface area contributed by atoms with Crippen molar-refractivity contribution in [1.29, 1.82) is 0 Å². The van der Waals surface area contributed by atoms with Crippen LogP contribution >= 0.6 is 0 Å². The molecule has 0 aliphatic carbocycles. The van der Waals surface area contributed by atoms with Gasteiger partial charge in [-0.05, 0) is 19.9 Å². The van der Waals surface area contributed by atoms with Crippen LogP contribution in [0.3, 0.4) is 0 Å². The summed E-state index contributed by atoms with van der Waals surface area (Å²) in [5.41, 5.74) is 5.42. The molecule has 0 bridgehead atoms. The van der Waals surface area contributed by atoms with Crippen LogP contribution in [0.2, 0.25) is 0 Å². The Hall–Kier alpha value is -0.920. The minimum atomic E-state index is -3.45. The normalized spacial score (nSPS) is 14.3. The Morgan fingerprint density at radius 3 is 2.69 bits per heavy atom. The molecule has 7 heteroatoms. The monoisotopic (exact) mass is 246 g/mol. The lowest BCUT2D eigenvalue weighted by Gasteiger charge is -2.22. The number of nitrogens with zero attached hydrogens (tertiary/aromatic N) is 3. The van der Waals surface area contributed by atoms with Gasteiger partial charge >= 0.3 is 0 Å². The Morgan fingerprint density at radius 1 is 1.62 bits per heavy atom. The highest BCUT2D eigenvalue weighted by molar-refractivity contribution is 7.89. The third kappa shape index (κ3) is 2.60. The summed E-state index contributed by atoms with van der Waals surface area (Å²) < 4.78 is 27.0. The van der Waals surface area contributed by atoms with Crippen LogP contribution in [0.5, 0.6) is 0 Å². The predicted molar refractivity (Wildman–Crippen MR) is 61.3 cm³/mol. The zero-order valence-corrected chi connectivity index (χ0v) is 10.6. The maximum atomic E-state index is 12.1. The summed E-state index contributed by atoms with van der Waals surface area (Å²) in [6, 6.07) is -0.116. The molecule has 0 aliphatic rings. The van der Waals surface area contributed by atoms with Crippen molar-refractivity contribution in [1.82, 2.24) is 14.1 Å². The van der Waals surface area contributed by atoms with Gasteiger partial charge in [0.05, 0.1) is 6.20 Å². The fourth-order valence-corrected chi connectivity index (χ4v) is 2.74. The molecule has 1 unspecified atom stereocenters. The van der Waals surface area contributed by atoms with Crippen molar-refractivity contribution >= 4 is 10.0 Å². The first-order valence-corrected chi connectivity index (χ1v) is 6.50. The lowest BCUT2D eigenvalue weighted by molar-refractivity contribution is 0.374.